The van der Waals surface area contributed by atoms with Gasteiger partial charge in [0.05, 0.1) is 15.7 Å². The van der Waals surface area contributed by atoms with Gasteiger partial charge in [0.25, 0.3) is 5.69 Å². The summed E-state index contributed by atoms with van der Waals surface area (Å²) in [5.41, 5.74) is -0.357. The predicted octanol–water partition coefficient (Wildman–Crippen LogP) is 0.743. The van der Waals surface area contributed by atoms with E-state index in [1.54, 1.807) is 0 Å². The largest absolute Gasteiger partial charge is 0.480 e. The van der Waals surface area contributed by atoms with Crippen molar-refractivity contribution in [2.75, 3.05) is 11.6 Å². The van der Waals surface area contributed by atoms with Crippen molar-refractivity contribution in [2.45, 2.75) is 10.9 Å². The molecule has 1 unspecified atom stereocenters. The monoisotopic (exact) mass is 318 g/mol. The molecule has 0 aromatic heterocycles. The fourth-order valence-electron chi connectivity index (χ4n) is 1.75. The Morgan fingerprint density at radius 1 is 1.50 bits per heavy atom. The molecule has 1 aromatic carbocycles. The minimum absolute atomic E-state index is 0.0159. The van der Waals surface area contributed by atoms with Gasteiger partial charge in [0, 0.05) is 17.9 Å². The van der Waals surface area contributed by atoms with Crippen LogP contribution in [-0.4, -0.2) is 46.4 Å². The molecule has 0 aliphatic carbocycles. The Morgan fingerprint density at radius 2 is 2.20 bits per heavy atom. The lowest BCUT2D eigenvalue weighted by atomic mass is 10.3. The van der Waals surface area contributed by atoms with Gasteiger partial charge in [0.2, 0.25) is 10.0 Å². The maximum atomic E-state index is 12.4. The molecule has 108 valence electrons. The number of carboxylic acid groups (broad SMARTS) is 1. The summed E-state index contributed by atoms with van der Waals surface area (Å²) in [5, 5.41) is 19.7. The van der Waals surface area contributed by atoms with Crippen LogP contribution in [0.1, 0.15) is 0 Å². The number of aliphatic carboxylic acids is 1. The summed E-state index contributed by atoms with van der Waals surface area (Å²) in [6.45, 7) is 0. The van der Waals surface area contributed by atoms with E-state index in [-0.39, 0.29) is 22.2 Å². The van der Waals surface area contributed by atoms with Crippen molar-refractivity contribution < 1.29 is 23.2 Å². The Bertz CT molecular complexity index is 659. The van der Waals surface area contributed by atoms with Crippen LogP contribution in [0.25, 0.3) is 0 Å². The first-order valence-corrected chi connectivity index (χ1v) is 8.00. The van der Waals surface area contributed by atoms with E-state index in [0.717, 1.165) is 10.4 Å². The summed E-state index contributed by atoms with van der Waals surface area (Å²) < 4.78 is 25.5. The zero-order chi connectivity index (χ0) is 14.9. The van der Waals surface area contributed by atoms with Gasteiger partial charge in [-0.25, -0.2) is 8.42 Å². The molecule has 1 heterocycles. The maximum absolute atomic E-state index is 12.4. The average molecular weight is 318 g/mol. The number of nitro benzene ring substituents is 1. The van der Waals surface area contributed by atoms with Gasteiger partial charge in [-0.2, -0.15) is 4.31 Å². The molecule has 8 nitrogen and oxygen atoms in total. The van der Waals surface area contributed by atoms with Gasteiger partial charge in [-0.15, -0.1) is 11.8 Å². The lowest BCUT2D eigenvalue weighted by Crippen LogP contribution is -2.41. The molecule has 0 bridgehead atoms. The lowest BCUT2D eigenvalue weighted by Gasteiger charge is -2.19. The SMILES string of the molecule is O=C(O)C1CSCN1S(=O)(=O)c1cccc([N+](=O)[O-])c1. The number of carboxylic acids is 1. The minimum atomic E-state index is -4.06. The summed E-state index contributed by atoms with van der Waals surface area (Å²) >= 11 is 1.18. The number of sulfonamides is 1. The minimum Gasteiger partial charge on any atom is -0.480 e. The standard InChI is InChI=1S/C10H10N2O6S2/c13-10(14)9-5-19-6-11(9)20(17,18)8-3-1-2-7(4-8)12(15)16/h1-4,9H,5-6H2,(H,13,14). The Morgan fingerprint density at radius 3 is 2.80 bits per heavy atom. The highest BCUT2D eigenvalue weighted by molar-refractivity contribution is 8.00. The zero-order valence-corrected chi connectivity index (χ0v) is 11.6. The van der Waals surface area contributed by atoms with Crippen LogP contribution in [0, 0.1) is 10.1 Å². The summed E-state index contributed by atoms with van der Waals surface area (Å²) in [7, 11) is -4.06. The molecule has 20 heavy (non-hydrogen) atoms. The molecule has 1 aliphatic heterocycles. The second-order valence-electron chi connectivity index (χ2n) is 4.00. The third-order valence-corrected chi connectivity index (χ3v) is 5.79. The Balaban J connectivity index is 2.42. The third kappa shape index (κ3) is 2.62. The number of hydrogen-bond donors (Lipinski definition) is 1. The second kappa shape index (κ2) is 5.38. The average Bonchev–Trinajstić information content (AvgIpc) is 2.89. The first-order valence-electron chi connectivity index (χ1n) is 5.41. The molecule has 1 aliphatic rings. The molecule has 2 rings (SSSR count). The molecule has 0 radical (unpaired) electrons. The number of hydrogen-bond acceptors (Lipinski definition) is 6. The van der Waals surface area contributed by atoms with E-state index < -0.39 is 27.0 Å². The summed E-state index contributed by atoms with van der Waals surface area (Å²) in [6, 6.07) is 3.42. The van der Waals surface area contributed by atoms with Crippen molar-refractivity contribution in [1.82, 2.24) is 4.31 Å². The van der Waals surface area contributed by atoms with Crippen LogP contribution >= 0.6 is 11.8 Å². The topological polar surface area (TPSA) is 118 Å². The maximum Gasteiger partial charge on any atom is 0.322 e. The Kier molecular flexibility index (Phi) is 3.97. The van der Waals surface area contributed by atoms with Crippen molar-refractivity contribution in [1.29, 1.82) is 0 Å². The first kappa shape index (κ1) is 14.8. The molecule has 10 heteroatoms. The highest BCUT2D eigenvalue weighted by Crippen LogP contribution is 2.29. The van der Waals surface area contributed by atoms with E-state index in [0.29, 0.717) is 0 Å². The summed E-state index contributed by atoms with van der Waals surface area (Å²) in [5.74, 6) is -1.06. The fourth-order valence-corrected chi connectivity index (χ4v) is 4.93. The van der Waals surface area contributed by atoms with E-state index in [1.165, 1.54) is 30.0 Å². The normalized spacial score (nSPS) is 19.9. The number of rotatable bonds is 4. The molecule has 1 aromatic rings. The van der Waals surface area contributed by atoms with Gasteiger partial charge in [0.15, 0.2) is 0 Å². The van der Waals surface area contributed by atoms with Gasteiger partial charge in [-0.05, 0) is 6.07 Å². The van der Waals surface area contributed by atoms with E-state index in [4.69, 9.17) is 5.11 Å². The fraction of sp³-hybridized carbons (Fsp3) is 0.300. The van der Waals surface area contributed by atoms with Crippen LogP contribution in [0.3, 0.4) is 0 Å². The molecule has 1 fully saturated rings. The molecule has 1 saturated heterocycles. The van der Waals surface area contributed by atoms with E-state index in [1.807, 2.05) is 0 Å². The van der Waals surface area contributed by atoms with Crippen LogP contribution in [0.4, 0.5) is 5.69 Å². The molecule has 0 amide bonds. The van der Waals surface area contributed by atoms with E-state index >= 15 is 0 Å². The van der Waals surface area contributed by atoms with Crippen LogP contribution in [0.5, 0.6) is 0 Å². The summed E-state index contributed by atoms with van der Waals surface area (Å²) in [4.78, 5) is 20.7. The van der Waals surface area contributed by atoms with Gasteiger partial charge in [0.1, 0.15) is 6.04 Å². The van der Waals surface area contributed by atoms with Crippen LogP contribution in [0.2, 0.25) is 0 Å². The van der Waals surface area contributed by atoms with Crippen molar-refractivity contribution >= 4 is 33.4 Å². The smallest absolute Gasteiger partial charge is 0.322 e. The number of benzene rings is 1. The van der Waals surface area contributed by atoms with Crippen molar-refractivity contribution in [3.63, 3.8) is 0 Å². The molecular formula is C10H10N2O6S2. The third-order valence-electron chi connectivity index (χ3n) is 2.76. The molecule has 1 N–H and O–H groups in total. The number of nitrogens with zero attached hydrogens (tertiary/aromatic N) is 2. The second-order valence-corrected chi connectivity index (χ2v) is 6.89. The van der Waals surface area contributed by atoms with Gasteiger partial charge < -0.3 is 5.11 Å². The first-order chi connectivity index (χ1) is 9.34. The molecule has 1 atom stereocenters. The van der Waals surface area contributed by atoms with E-state index in [2.05, 4.69) is 0 Å². The van der Waals surface area contributed by atoms with Crippen LogP contribution < -0.4 is 0 Å². The Hall–Kier alpha value is -1.65. The van der Waals surface area contributed by atoms with Gasteiger partial charge in [-0.1, -0.05) is 6.07 Å². The van der Waals surface area contributed by atoms with Crippen LogP contribution in [0.15, 0.2) is 29.2 Å². The number of nitro groups is 1. The number of thioether (sulfide) groups is 1. The predicted molar refractivity (Wildman–Crippen MR) is 70.9 cm³/mol. The van der Waals surface area contributed by atoms with Crippen molar-refractivity contribution in [2.24, 2.45) is 0 Å². The molecular weight excluding hydrogens is 308 g/mol. The number of non-ortho nitro benzene ring substituents is 1. The van der Waals surface area contributed by atoms with Crippen LogP contribution in [-0.2, 0) is 14.8 Å². The lowest BCUT2D eigenvalue weighted by molar-refractivity contribution is -0.385. The summed E-state index contributed by atoms with van der Waals surface area (Å²) in [6.07, 6.45) is 0. The zero-order valence-electron chi connectivity index (χ0n) is 10.0. The molecule has 0 spiro atoms. The highest BCUT2D eigenvalue weighted by atomic mass is 32.2. The highest BCUT2D eigenvalue weighted by Gasteiger charge is 2.40. The van der Waals surface area contributed by atoms with Crippen molar-refractivity contribution in [3.05, 3.63) is 34.4 Å². The van der Waals surface area contributed by atoms with Gasteiger partial charge >= 0.3 is 5.97 Å². The molecule has 0 saturated carbocycles. The van der Waals surface area contributed by atoms with E-state index in [9.17, 15) is 23.3 Å². The number of carbonyl (C=O) groups is 1. The van der Waals surface area contributed by atoms with Crippen molar-refractivity contribution in [3.8, 4) is 0 Å². The Labute approximate surface area is 118 Å². The quantitative estimate of drug-likeness (QED) is 0.642. The van der Waals surface area contributed by atoms with Gasteiger partial charge in [-0.3, -0.25) is 14.9 Å².